The highest BCUT2D eigenvalue weighted by Crippen LogP contribution is 2.28. The van der Waals surface area contributed by atoms with E-state index in [-0.39, 0.29) is 11.9 Å². The van der Waals surface area contributed by atoms with E-state index < -0.39 is 0 Å². The van der Waals surface area contributed by atoms with Gasteiger partial charge in [0.05, 0.1) is 37.8 Å². The molecule has 170 valence electrons. The molecule has 1 N–H and O–H groups in total. The molecule has 3 aromatic carbocycles. The van der Waals surface area contributed by atoms with Gasteiger partial charge in [-0.2, -0.15) is 0 Å². The molecule has 1 atom stereocenters. The summed E-state index contributed by atoms with van der Waals surface area (Å²) in [7, 11) is 3.10. The van der Waals surface area contributed by atoms with E-state index in [0.717, 1.165) is 22.6 Å². The zero-order valence-electron chi connectivity index (χ0n) is 18.9. The number of benzene rings is 3. The highest BCUT2D eigenvalue weighted by atomic mass is 16.5. The average molecular weight is 446 g/mol. The van der Waals surface area contributed by atoms with Crippen LogP contribution in [0.2, 0.25) is 0 Å². The van der Waals surface area contributed by atoms with Crippen LogP contribution in [0, 0.1) is 0 Å². The fourth-order valence-corrected chi connectivity index (χ4v) is 3.75. The summed E-state index contributed by atoms with van der Waals surface area (Å²) in [5, 5.41) is 3.05. The van der Waals surface area contributed by atoms with Crippen molar-refractivity contribution in [1.29, 1.82) is 0 Å². The number of methoxy groups -OCH3 is 2. The molecule has 4 aromatic rings. The molecule has 0 radical (unpaired) electrons. The van der Waals surface area contributed by atoms with Crippen molar-refractivity contribution in [2.24, 2.45) is 0 Å². The number of amides is 1. The lowest BCUT2D eigenvalue weighted by atomic mass is 10.1. The van der Waals surface area contributed by atoms with Crippen LogP contribution in [0.1, 0.15) is 29.1 Å². The number of carbonyl (C=O) groups excluding carboxylic acids is 1. The van der Waals surface area contributed by atoms with Crippen molar-refractivity contribution in [2.45, 2.75) is 19.5 Å². The summed E-state index contributed by atoms with van der Waals surface area (Å²) < 4.78 is 18.6. The highest BCUT2D eigenvalue weighted by molar-refractivity contribution is 5.95. The molecule has 0 spiro atoms. The Balaban J connectivity index is 1.54. The number of hydrogen-bond acceptors (Lipinski definition) is 5. The van der Waals surface area contributed by atoms with Crippen LogP contribution in [-0.2, 0) is 6.54 Å². The molecule has 0 aliphatic heterocycles. The molecule has 7 heteroatoms. The Hall–Kier alpha value is -4.00. The molecular weight excluding hydrogens is 418 g/mol. The van der Waals surface area contributed by atoms with Crippen LogP contribution in [0.5, 0.6) is 17.2 Å². The van der Waals surface area contributed by atoms with Crippen LogP contribution in [0.4, 0.5) is 0 Å². The smallest absolute Gasteiger partial charge is 0.251 e. The third-order valence-electron chi connectivity index (χ3n) is 5.39. The Bertz CT molecular complexity index is 1240. The summed E-state index contributed by atoms with van der Waals surface area (Å²) in [6, 6.07) is 22.4. The van der Waals surface area contributed by atoms with Gasteiger partial charge in [-0.25, -0.2) is 4.98 Å². The van der Waals surface area contributed by atoms with E-state index in [0.29, 0.717) is 30.2 Å². The summed E-state index contributed by atoms with van der Waals surface area (Å²) in [5.74, 6) is 2.44. The number of carbonyl (C=O) groups is 1. The zero-order chi connectivity index (χ0) is 23.2. The molecule has 0 aliphatic carbocycles. The Morgan fingerprint density at radius 2 is 1.70 bits per heavy atom. The molecular formula is C26H27N3O4. The van der Waals surface area contributed by atoms with E-state index in [1.54, 1.807) is 32.4 Å². The third kappa shape index (κ3) is 4.92. The van der Waals surface area contributed by atoms with Crippen LogP contribution in [-0.4, -0.2) is 36.3 Å². The molecule has 0 saturated carbocycles. The van der Waals surface area contributed by atoms with E-state index in [2.05, 4.69) is 9.88 Å². The number of rotatable bonds is 9. The third-order valence-corrected chi connectivity index (χ3v) is 5.39. The Morgan fingerprint density at radius 1 is 0.970 bits per heavy atom. The summed E-state index contributed by atoms with van der Waals surface area (Å²) in [6.07, 6.45) is 0. The molecule has 1 amide bonds. The molecule has 33 heavy (non-hydrogen) atoms. The lowest BCUT2D eigenvalue weighted by Gasteiger charge is -2.17. The summed E-state index contributed by atoms with van der Waals surface area (Å²) in [6.45, 7) is 3.00. The zero-order valence-corrected chi connectivity index (χ0v) is 18.9. The Morgan fingerprint density at radius 3 is 2.45 bits per heavy atom. The van der Waals surface area contributed by atoms with Gasteiger partial charge in [-0.1, -0.05) is 30.3 Å². The monoisotopic (exact) mass is 445 g/mol. The van der Waals surface area contributed by atoms with Gasteiger partial charge in [0.15, 0.2) is 11.5 Å². The second-order valence-corrected chi connectivity index (χ2v) is 7.54. The van der Waals surface area contributed by atoms with Crippen LogP contribution in [0.3, 0.4) is 0 Å². The standard InChI is InChI=1S/C26H27N3O4/c1-18(27-26(30)19-13-14-23(31-2)24(17-19)32-3)25-28-21-11-7-8-12-22(21)29(25)15-16-33-20-9-5-4-6-10-20/h4-14,17-18H,15-16H2,1-3H3,(H,27,30). The first kappa shape index (κ1) is 22.2. The largest absolute Gasteiger partial charge is 0.493 e. The van der Waals surface area contributed by atoms with Crippen molar-refractivity contribution < 1.29 is 19.0 Å². The number of para-hydroxylation sites is 3. The number of nitrogens with zero attached hydrogens (tertiary/aromatic N) is 2. The Labute approximate surface area is 192 Å². The first-order valence-electron chi connectivity index (χ1n) is 10.8. The van der Waals surface area contributed by atoms with Gasteiger partial charge in [0.1, 0.15) is 18.2 Å². The van der Waals surface area contributed by atoms with Crippen molar-refractivity contribution in [3.05, 3.63) is 84.2 Å². The van der Waals surface area contributed by atoms with E-state index in [1.165, 1.54) is 0 Å². The van der Waals surface area contributed by atoms with E-state index in [9.17, 15) is 4.79 Å². The number of nitrogens with one attached hydrogen (secondary N) is 1. The minimum Gasteiger partial charge on any atom is -0.493 e. The van der Waals surface area contributed by atoms with Crippen LogP contribution in [0.15, 0.2) is 72.8 Å². The predicted octanol–water partition coefficient (Wildman–Crippen LogP) is 4.62. The van der Waals surface area contributed by atoms with Crippen molar-refractivity contribution in [3.8, 4) is 17.2 Å². The first-order valence-corrected chi connectivity index (χ1v) is 10.8. The van der Waals surface area contributed by atoms with Crippen molar-refractivity contribution >= 4 is 16.9 Å². The lowest BCUT2D eigenvalue weighted by molar-refractivity contribution is 0.0937. The van der Waals surface area contributed by atoms with Gasteiger partial charge in [0.25, 0.3) is 5.91 Å². The predicted molar refractivity (Wildman–Crippen MR) is 127 cm³/mol. The van der Waals surface area contributed by atoms with Crippen molar-refractivity contribution in [3.63, 3.8) is 0 Å². The number of ether oxygens (including phenoxy) is 3. The summed E-state index contributed by atoms with van der Waals surface area (Å²) in [5.41, 5.74) is 2.35. The number of fused-ring (bicyclic) bond motifs is 1. The Kier molecular flexibility index (Phi) is 6.78. The topological polar surface area (TPSA) is 74.6 Å². The summed E-state index contributed by atoms with van der Waals surface area (Å²) in [4.78, 5) is 17.7. The average Bonchev–Trinajstić information content (AvgIpc) is 3.23. The maximum atomic E-state index is 13.0. The molecule has 1 heterocycles. The van der Waals surface area contributed by atoms with Gasteiger partial charge in [0, 0.05) is 5.56 Å². The SMILES string of the molecule is COc1ccc(C(=O)NC(C)c2nc3ccccc3n2CCOc2ccccc2)cc1OC. The molecule has 1 unspecified atom stereocenters. The van der Waals surface area contributed by atoms with Gasteiger partial charge < -0.3 is 24.1 Å². The van der Waals surface area contributed by atoms with Crippen LogP contribution >= 0.6 is 0 Å². The fourth-order valence-electron chi connectivity index (χ4n) is 3.75. The van der Waals surface area contributed by atoms with Crippen LogP contribution in [0.25, 0.3) is 11.0 Å². The van der Waals surface area contributed by atoms with Crippen LogP contribution < -0.4 is 19.5 Å². The van der Waals surface area contributed by atoms with Gasteiger partial charge in [0.2, 0.25) is 0 Å². The first-order chi connectivity index (χ1) is 16.1. The quantitative estimate of drug-likeness (QED) is 0.407. The maximum absolute atomic E-state index is 13.0. The van der Waals surface area contributed by atoms with Crippen molar-refractivity contribution in [2.75, 3.05) is 20.8 Å². The number of aromatic nitrogens is 2. The molecule has 0 bridgehead atoms. The van der Waals surface area contributed by atoms with E-state index in [4.69, 9.17) is 19.2 Å². The molecule has 0 aliphatic rings. The van der Waals surface area contributed by atoms with E-state index in [1.807, 2.05) is 61.5 Å². The second kappa shape index (κ2) is 10.1. The number of imidazole rings is 1. The van der Waals surface area contributed by atoms with Gasteiger partial charge in [-0.3, -0.25) is 4.79 Å². The second-order valence-electron chi connectivity index (χ2n) is 7.54. The molecule has 4 rings (SSSR count). The lowest BCUT2D eigenvalue weighted by Crippen LogP contribution is -2.29. The minimum atomic E-state index is -0.324. The van der Waals surface area contributed by atoms with Gasteiger partial charge >= 0.3 is 0 Å². The maximum Gasteiger partial charge on any atom is 0.251 e. The minimum absolute atomic E-state index is 0.220. The molecule has 0 fully saturated rings. The molecule has 7 nitrogen and oxygen atoms in total. The van der Waals surface area contributed by atoms with Gasteiger partial charge in [-0.15, -0.1) is 0 Å². The number of hydrogen-bond donors (Lipinski definition) is 1. The van der Waals surface area contributed by atoms with Gasteiger partial charge in [-0.05, 0) is 49.4 Å². The normalized spacial score (nSPS) is 11.7. The summed E-state index contributed by atoms with van der Waals surface area (Å²) >= 11 is 0. The highest BCUT2D eigenvalue weighted by Gasteiger charge is 2.20. The van der Waals surface area contributed by atoms with Crippen molar-refractivity contribution in [1.82, 2.24) is 14.9 Å². The van der Waals surface area contributed by atoms with E-state index >= 15 is 0 Å². The molecule has 0 saturated heterocycles. The fraction of sp³-hybridized carbons (Fsp3) is 0.231. The molecule has 1 aromatic heterocycles.